The van der Waals surface area contributed by atoms with E-state index in [1.165, 1.54) is 23.5 Å². The molecule has 1 fully saturated rings. The van der Waals surface area contributed by atoms with Gasteiger partial charge in [-0.15, -0.1) is 11.3 Å². The second-order valence-corrected chi connectivity index (χ2v) is 7.44. The van der Waals surface area contributed by atoms with Crippen molar-refractivity contribution in [1.82, 2.24) is 15.0 Å². The lowest BCUT2D eigenvalue weighted by Crippen LogP contribution is -2.37. The van der Waals surface area contributed by atoms with Crippen LogP contribution in [0, 0.1) is 0 Å². The number of hydrogen-bond donors (Lipinski definition) is 0. The van der Waals surface area contributed by atoms with Crippen molar-refractivity contribution in [1.29, 1.82) is 0 Å². The average molecular weight is 433 g/mol. The van der Waals surface area contributed by atoms with Gasteiger partial charge in [-0.3, -0.25) is 4.79 Å². The monoisotopic (exact) mass is 433 g/mol. The van der Waals surface area contributed by atoms with E-state index in [4.69, 9.17) is 14.0 Å². The Morgan fingerprint density at radius 2 is 1.93 bits per heavy atom. The largest absolute Gasteiger partial charge is 0.463 e. The van der Waals surface area contributed by atoms with Crippen molar-refractivity contribution in [2.75, 3.05) is 26.3 Å². The van der Waals surface area contributed by atoms with Crippen LogP contribution in [0.3, 0.4) is 0 Å². The van der Waals surface area contributed by atoms with Gasteiger partial charge in [-0.2, -0.15) is 0 Å². The lowest BCUT2D eigenvalue weighted by molar-refractivity contribution is -0.137. The molecule has 0 spiro atoms. The Balaban J connectivity index is 1.56. The molecule has 3 heterocycles. The summed E-state index contributed by atoms with van der Waals surface area (Å²) < 4.78 is 14.9. The molecule has 0 N–H and O–H groups in total. The number of nitrogens with zero attached hydrogens (tertiary/aromatic N) is 3. The van der Waals surface area contributed by atoms with Gasteiger partial charge in [0.15, 0.2) is 11.5 Å². The molecular formula is C20H23N3O6S. The third kappa shape index (κ3) is 5.32. The van der Waals surface area contributed by atoms with E-state index < -0.39 is 11.9 Å². The van der Waals surface area contributed by atoms with Crippen LogP contribution in [0.5, 0.6) is 0 Å². The number of amides is 1. The molecule has 3 rings (SSSR count). The van der Waals surface area contributed by atoms with E-state index in [2.05, 4.69) is 10.1 Å². The molecule has 1 amide bonds. The van der Waals surface area contributed by atoms with Gasteiger partial charge in [0.2, 0.25) is 5.91 Å². The molecule has 30 heavy (non-hydrogen) atoms. The number of piperidine rings is 1. The van der Waals surface area contributed by atoms with Crippen LogP contribution in [0.15, 0.2) is 28.1 Å². The van der Waals surface area contributed by atoms with Crippen LogP contribution in [0.4, 0.5) is 0 Å². The predicted molar refractivity (Wildman–Crippen MR) is 108 cm³/mol. The number of likely N-dealkylation sites (tertiary alicyclic amines) is 1. The highest BCUT2D eigenvalue weighted by Crippen LogP contribution is 2.33. The molecule has 1 aliphatic heterocycles. The number of esters is 2. The second-order valence-electron chi connectivity index (χ2n) is 6.55. The lowest BCUT2D eigenvalue weighted by Gasteiger charge is -2.30. The van der Waals surface area contributed by atoms with Crippen LogP contribution in [0.25, 0.3) is 11.5 Å². The zero-order valence-electron chi connectivity index (χ0n) is 16.8. The molecule has 2 aromatic rings. The van der Waals surface area contributed by atoms with Crippen LogP contribution in [0.2, 0.25) is 0 Å². The van der Waals surface area contributed by atoms with Gasteiger partial charge in [-0.05, 0) is 26.7 Å². The van der Waals surface area contributed by atoms with Crippen molar-refractivity contribution in [2.24, 2.45) is 0 Å². The fourth-order valence-corrected chi connectivity index (χ4v) is 4.05. The van der Waals surface area contributed by atoms with Crippen LogP contribution in [0.1, 0.15) is 48.1 Å². The second kappa shape index (κ2) is 10.1. The summed E-state index contributed by atoms with van der Waals surface area (Å²) in [5.74, 6) is -0.604. The molecule has 0 saturated carbocycles. The summed E-state index contributed by atoms with van der Waals surface area (Å²) in [5.41, 5.74) is 0.734. The zero-order chi connectivity index (χ0) is 21.5. The maximum atomic E-state index is 12.2. The number of rotatable bonds is 7. The number of carbonyl (C=O) groups excluding carboxylic acids is 3. The third-order valence-corrected chi connectivity index (χ3v) is 5.58. The average Bonchev–Trinajstić information content (AvgIpc) is 3.42. The highest BCUT2D eigenvalue weighted by Gasteiger charge is 2.26. The predicted octanol–water partition coefficient (Wildman–Crippen LogP) is 2.80. The summed E-state index contributed by atoms with van der Waals surface area (Å²) >= 11 is 1.51. The molecule has 0 bridgehead atoms. The zero-order valence-corrected chi connectivity index (χ0v) is 17.6. The van der Waals surface area contributed by atoms with Gasteiger partial charge in [0.1, 0.15) is 5.69 Å². The highest BCUT2D eigenvalue weighted by molar-refractivity contribution is 7.10. The van der Waals surface area contributed by atoms with Gasteiger partial charge in [0.05, 0.1) is 18.2 Å². The molecule has 0 unspecified atom stereocenters. The Hall–Kier alpha value is -3.01. The minimum Gasteiger partial charge on any atom is -0.463 e. The summed E-state index contributed by atoms with van der Waals surface area (Å²) in [4.78, 5) is 41.6. The van der Waals surface area contributed by atoms with Crippen molar-refractivity contribution < 1.29 is 28.4 Å². The Kier molecular flexibility index (Phi) is 7.34. The molecule has 0 atom stereocenters. The molecule has 2 aromatic heterocycles. The first-order valence-electron chi connectivity index (χ1n) is 9.75. The molecule has 160 valence electrons. The van der Waals surface area contributed by atoms with Gasteiger partial charge < -0.3 is 18.9 Å². The topological polar surface area (TPSA) is 112 Å². The van der Waals surface area contributed by atoms with Gasteiger partial charge in [0, 0.05) is 42.6 Å². The molecule has 9 nitrogen and oxygen atoms in total. The van der Waals surface area contributed by atoms with Crippen molar-refractivity contribution >= 4 is 29.2 Å². The van der Waals surface area contributed by atoms with E-state index >= 15 is 0 Å². The third-order valence-electron chi connectivity index (χ3n) is 4.57. The number of aromatic nitrogens is 2. The molecule has 10 heteroatoms. The van der Waals surface area contributed by atoms with E-state index in [0.717, 1.165) is 23.9 Å². The van der Waals surface area contributed by atoms with Crippen molar-refractivity contribution in [3.63, 3.8) is 0 Å². The maximum absolute atomic E-state index is 12.2. The summed E-state index contributed by atoms with van der Waals surface area (Å²) in [5, 5.41) is 6.55. The van der Waals surface area contributed by atoms with Crippen molar-refractivity contribution in [3.8, 4) is 11.5 Å². The Morgan fingerprint density at radius 3 is 2.63 bits per heavy atom. The first kappa shape index (κ1) is 21.7. The number of hydrogen-bond acceptors (Lipinski definition) is 9. The lowest BCUT2D eigenvalue weighted by atomic mass is 9.97. The normalized spacial score (nSPS) is 14.8. The smallest absolute Gasteiger partial charge is 0.360 e. The number of carbonyl (C=O) groups is 3. The van der Waals surface area contributed by atoms with Gasteiger partial charge in [-0.1, -0.05) is 5.16 Å². The molecule has 0 aliphatic carbocycles. The molecule has 0 aromatic carbocycles. The minimum absolute atomic E-state index is 0.115. The number of thiazole rings is 1. The SMILES string of the molecule is CCOC(=O)/C=C/C(=O)N1CCC(c2nc(-c3cc(C(=O)OCC)no3)cs2)CC1. The fourth-order valence-electron chi connectivity index (χ4n) is 3.07. The maximum Gasteiger partial charge on any atom is 0.360 e. The standard InChI is InChI=1S/C20H23N3O6S/c1-3-27-18(25)6-5-17(24)23-9-7-13(8-10-23)19-21-15(12-30-19)16-11-14(22-29-16)20(26)28-4-2/h5-6,11-13H,3-4,7-10H2,1-2H3/b6-5+. The van der Waals surface area contributed by atoms with Crippen molar-refractivity contribution in [3.05, 3.63) is 34.3 Å². The summed E-state index contributed by atoms with van der Waals surface area (Å²) in [6, 6.07) is 1.52. The van der Waals surface area contributed by atoms with Crippen molar-refractivity contribution in [2.45, 2.75) is 32.6 Å². The van der Waals surface area contributed by atoms with Crippen LogP contribution in [-0.4, -0.2) is 59.2 Å². The van der Waals surface area contributed by atoms with E-state index in [9.17, 15) is 14.4 Å². The Labute approximate surface area is 177 Å². The van der Waals surface area contributed by atoms with Crippen LogP contribution < -0.4 is 0 Å². The van der Waals surface area contributed by atoms with Crippen LogP contribution >= 0.6 is 11.3 Å². The van der Waals surface area contributed by atoms with Gasteiger partial charge in [-0.25, -0.2) is 14.6 Å². The van der Waals surface area contributed by atoms with E-state index in [-0.39, 0.29) is 30.7 Å². The van der Waals surface area contributed by atoms with Gasteiger partial charge in [0.25, 0.3) is 0 Å². The van der Waals surface area contributed by atoms with E-state index in [1.54, 1.807) is 18.7 Å². The number of ether oxygens (including phenoxy) is 2. The first-order valence-corrected chi connectivity index (χ1v) is 10.6. The quantitative estimate of drug-likeness (QED) is 0.484. The van der Waals surface area contributed by atoms with Crippen LogP contribution in [-0.2, 0) is 19.1 Å². The van der Waals surface area contributed by atoms with E-state index in [1.807, 2.05) is 5.38 Å². The summed E-state index contributed by atoms with van der Waals surface area (Å²) in [6.45, 7) is 5.14. The summed E-state index contributed by atoms with van der Waals surface area (Å²) in [6.07, 6.45) is 3.96. The van der Waals surface area contributed by atoms with E-state index in [0.29, 0.717) is 24.5 Å². The molecule has 1 saturated heterocycles. The Bertz CT molecular complexity index is 927. The van der Waals surface area contributed by atoms with Gasteiger partial charge >= 0.3 is 11.9 Å². The minimum atomic E-state index is -0.531. The molecular weight excluding hydrogens is 410 g/mol. The summed E-state index contributed by atoms with van der Waals surface area (Å²) in [7, 11) is 0. The fraction of sp³-hybridized carbons (Fsp3) is 0.450. The highest BCUT2D eigenvalue weighted by atomic mass is 32.1. The Morgan fingerprint density at radius 1 is 1.20 bits per heavy atom. The molecule has 1 aliphatic rings. The first-order chi connectivity index (χ1) is 14.5. The molecule has 0 radical (unpaired) electrons.